The molecule has 0 radical (unpaired) electrons. The largest absolute Gasteiger partial charge is 0.418 e. The Morgan fingerprint density at radius 2 is 1.29 bits per heavy atom. The van der Waals surface area contributed by atoms with Crippen molar-refractivity contribution >= 4 is 27.5 Å². The molecule has 5 heteroatoms. The fraction of sp³-hybridized carbons (Fsp3) is 0.0526. The maximum Gasteiger partial charge on any atom is 0.418 e. The van der Waals surface area contributed by atoms with E-state index < -0.39 is 11.7 Å². The van der Waals surface area contributed by atoms with E-state index in [-0.39, 0.29) is 11.4 Å². The van der Waals surface area contributed by atoms with E-state index in [1.54, 1.807) is 4.57 Å². The van der Waals surface area contributed by atoms with Crippen LogP contribution in [0.3, 0.4) is 0 Å². The molecule has 3 aromatic carbocycles. The number of hydrogen-bond acceptors (Lipinski definition) is 1. The number of benzene rings is 3. The maximum absolute atomic E-state index is 13.6. The summed E-state index contributed by atoms with van der Waals surface area (Å²) < 4.78 is 42.3. The van der Waals surface area contributed by atoms with Gasteiger partial charge in [-0.1, -0.05) is 36.4 Å². The molecule has 0 aliphatic carbocycles. The molecule has 1 heterocycles. The fourth-order valence-electron chi connectivity index (χ4n) is 3.16. The second-order valence-electron chi connectivity index (χ2n) is 5.64. The monoisotopic (exact) mass is 326 g/mol. The van der Waals surface area contributed by atoms with E-state index in [1.807, 2.05) is 48.5 Å². The molecule has 120 valence electrons. The summed E-state index contributed by atoms with van der Waals surface area (Å²) in [6.07, 6.45) is -4.49. The van der Waals surface area contributed by atoms with Gasteiger partial charge in [0.2, 0.25) is 0 Å². The first-order valence-corrected chi connectivity index (χ1v) is 7.42. The number of nitrogens with two attached hydrogens (primary N) is 1. The average molecular weight is 326 g/mol. The minimum atomic E-state index is -4.49. The topological polar surface area (TPSA) is 30.9 Å². The molecule has 0 atom stereocenters. The van der Waals surface area contributed by atoms with Crippen molar-refractivity contribution < 1.29 is 13.2 Å². The zero-order valence-electron chi connectivity index (χ0n) is 12.5. The number of nitrogen functional groups attached to an aromatic ring is 1. The van der Waals surface area contributed by atoms with Gasteiger partial charge in [-0.25, -0.2) is 0 Å². The Morgan fingerprint density at radius 3 is 1.83 bits per heavy atom. The van der Waals surface area contributed by atoms with Crippen molar-refractivity contribution in [3.8, 4) is 5.69 Å². The zero-order chi connectivity index (χ0) is 16.9. The number of fused-ring (bicyclic) bond motifs is 3. The van der Waals surface area contributed by atoms with Crippen LogP contribution < -0.4 is 5.73 Å². The number of para-hydroxylation sites is 2. The van der Waals surface area contributed by atoms with Crippen LogP contribution in [0, 0.1) is 0 Å². The number of hydrogen-bond donors (Lipinski definition) is 1. The summed E-state index contributed by atoms with van der Waals surface area (Å²) in [5, 5.41) is 1.83. The predicted molar refractivity (Wildman–Crippen MR) is 90.2 cm³/mol. The minimum absolute atomic E-state index is 0.0779. The third-order valence-corrected chi connectivity index (χ3v) is 4.15. The first kappa shape index (κ1) is 14.6. The smallest absolute Gasteiger partial charge is 0.399 e. The van der Waals surface area contributed by atoms with Gasteiger partial charge in [-0.05, 0) is 30.3 Å². The van der Waals surface area contributed by atoms with Crippen LogP contribution in [0.1, 0.15) is 5.56 Å². The number of anilines is 1. The molecule has 0 aliphatic heterocycles. The van der Waals surface area contributed by atoms with Crippen molar-refractivity contribution in [2.75, 3.05) is 5.73 Å². The molecular weight excluding hydrogens is 313 g/mol. The van der Waals surface area contributed by atoms with Gasteiger partial charge in [0, 0.05) is 16.5 Å². The second-order valence-corrected chi connectivity index (χ2v) is 5.64. The summed E-state index contributed by atoms with van der Waals surface area (Å²) >= 11 is 0. The minimum Gasteiger partial charge on any atom is -0.399 e. The Labute approximate surface area is 135 Å². The lowest BCUT2D eigenvalue weighted by atomic mass is 10.1. The molecule has 24 heavy (non-hydrogen) atoms. The highest BCUT2D eigenvalue weighted by atomic mass is 19.4. The van der Waals surface area contributed by atoms with Crippen molar-refractivity contribution in [2.24, 2.45) is 0 Å². The van der Waals surface area contributed by atoms with Crippen LogP contribution in [0.4, 0.5) is 18.9 Å². The lowest BCUT2D eigenvalue weighted by molar-refractivity contribution is -0.137. The van der Waals surface area contributed by atoms with Gasteiger partial charge in [0.05, 0.1) is 22.3 Å². The molecule has 2 nitrogen and oxygen atoms in total. The van der Waals surface area contributed by atoms with E-state index in [9.17, 15) is 13.2 Å². The molecule has 4 aromatic rings. The summed E-state index contributed by atoms with van der Waals surface area (Å²) in [7, 11) is 0. The first-order valence-electron chi connectivity index (χ1n) is 7.42. The molecule has 0 aliphatic rings. The lowest BCUT2D eigenvalue weighted by Gasteiger charge is -2.16. The standard InChI is InChI=1S/C19H13F3N2/c20-19(21,22)15-11-12(23)9-10-18(15)24-16-7-3-1-5-13(16)14-6-2-4-8-17(14)24/h1-11H,23H2. The van der Waals surface area contributed by atoms with E-state index in [4.69, 9.17) is 5.73 Å². The van der Waals surface area contributed by atoms with Crippen LogP contribution in [0.25, 0.3) is 27.5 Å². The van der Waals surface area contributed by atoms with Gasteiger partial charge < -0.3 is 10.3 Å². The summed E-state index contributed by atoms with van der Waals surface area (Å²) in [5.41, 5.74) is 6.48. The molecule has 4 rings (SSSR count). The van der Waals surface area contributed by atoms with Crippen molar-refractivity contribution in [1.82, 2.24) is 4.57 Å². The van der Waals surface area contributed by atoms with Crippen LogP contribution in [0.5, 0.6) is 0 Å². The summed E-state index contributed by atoms with van der Waals surface area (Å²) in [4.78, 5) is 0. The molecule has 0 fully saturated rings. The van der Waals surface area contributed by atoms with Crippen molar-refractivity contribution in [1.29, 1.82) is 0 Å². The summed E-state index contributed by atoms with van der Waals surface area (Å²) in [6, 6.07) is 18.8. The molecular formula is C19H13F3N2. The van der Waals surface area contributed by atoms with Crippen LogP contribution >= 0.6 is 0 Å². The van der Waals surface area contributed by atoms with E-state index in [2.05, 4.69) is 0 Å². The Bertz CT molecular complexity index is 1010. The molecule has 2 N–H and O–H groups in total. The molecule has 0 saturated heterocycles. The van der Waals surface area contributed by atoms with Crippen molar-refractivity contribution in [3.63, 3.8) is 0 Å². The van der Waals surface area contributed by atoms with Crippen molar-refractivity contribution in [3.05, 3.63) is 72.3 Å². The van der Waals surface area contributed by atoms with Crippen molar-refractivity contribution in [2.45, 2.75) is 6.18 Å². The highest BCUT2D eigenvalue weighted by Gasteiger charge is 2.34. The van der Waals surface area contributed by atoms with Gasteiger partial charge in [0.15, 0.2) is 0 Å². The number of aromatic nitrogens is 1. The van der Waals surface area contributed by atoms with Crippen LogP contribution in [-0.4, -0.2) is 4.57 Å². The van der Waals surface area contributed by atoms with Crippen LogP contribution in [-0.2, 0) is 6.18 Å². The number of alkyl halides is 3. The molecule has 0 unspecified atom stereocenters. The van der Waals surface area contributed by atoms with E-state index in [0.717, 1.165) is 27.9 Å². The lowest BCUT2D eigenvalue weighted by Crippen LogP contribution is -2.11. The average Bonchev–Trinajstić information content (AvgIpc) is 2.89. The third-order valence-electron chi connectivity index (χ3n) is 4.15. The van der Waals surface area contributed by atoms with Gasteiger partial charge in [0.1, 0.15) is 0 Å². The van der Waals surface area contributed by atoms with Crippen LogP contribution in [0.15, 0.2) is 66.7 Å². The van der Waals surface area contributed by atoms with Gasteiger partial charge >= 0.3 is 6.18 Å². The highest BCUT2D eigenvalue weighted by molar-refractivity contribution is 6.09. The quantitative estimate of drug-likeness (QED) is 0.467. The Morgan fingerprint density at radius 1 is 0.750 bits per heavy atom. The van der Waals surface area contributed by atoms with Gasteiger partial charge in [-0.2, -0.15) is 13.2 Å². The molecule has 0 saturated carbocycles. The Hall–Kier alpha value is -2.95. The molecule has 0 amide bonds. The predicted octanol–water partition coefficient (Wildman–Crippen LogP) is 5.38. The van der Waals surface area contributed by atoms with Gasteiger partial charge in [0.25, 0.3) is 0 Å². The first-order chi connectivity index (χ1) is 11.5. The fourth-order valence-corrected chi connectivity index (χ4v) is 3.16. The number of halogens is 3. The van der Waals surface area contributed by atoms with Gasteiger partial charge in [-0.3, -0.25) is 0 Å². The highest BCUT2D eigenvalue weighted by Crippen LogP contribution is 2.39. The van der Waals surface area contributed by atoms with Gasteiger partial charge in [-0.15, -0.1) is 0 Å². The van der Waals surface area contributed by atoms with Crippen LogP contribution in [0.2, 0.25) is 0 Å². The zero-order valence-corrected chi connectivity index (χ0v) is 12.5. The maximum atomic E-state index is 13.6. The number of nitrogens with zero attached hydrogens (tertiary/aromatic N) is 1. The summed E-state index contributed by atoms with van der Waals surface area (Å²) in [6.45, 7) is 0. The second kappa shape index (κ2) is 5.03. The Balaban J connectivity index is 2.18. The molecule has 0 spiro atoms. The molecule has 1 aromatic heterocycles. The molecule has 0 bridgehead atoms. The number of rotatable bonds is 1. The third kappa shape index (κ3) is 2.12. The van der Waals surface area contributed by atoms with E-state index >= 15 is 0 Å². The SMILES string of the molecule is Nc1ccc(-n2c3ccccc3c3ccccc32)c(C(F)(F)F)c1. The van der Waals surface area contributed by atoms with E-state index in [0.29, 0.717) is 0 Å². The van der Waals surface area contributed by atoms with E-state index in [1.165, 1.54) is 12.1 Å². The Kier molecular flexibility index (Phi) is 3.06. The summed E-state index contributed by atoms with van der Waals surface area (Å²) in [5.74, 6) is 0. The normalized spacial score (nSPS) is 12.1.